The number of sulfonamides is 1. The third-order valence-corrected chi connectivity index (χ3v) is 7.83. The molecule has 3 aromatic rings. The summed E-state index contributed by atoms with van der Waals surface area (Å²) in [5, 5.41) is 1.81. The van der Waals surface area contributed by atoms with Crippen molar-refractivity contribution in [1.82, 2.24) is 13.7 Å². The predicted molar refractivity (Wildman–Crippen MR) is 116 cm³/mol. The van der Waals surface area contributed by atoms with Gasteiger partial charge in [-0.1, -0.05) is 0 Å². The van der Waals surface area contributed by atoms with Crippen molar-refractivity contribution < 1.29 is 27.4 Å². The van der Waals surface area contributed by atoms with E-state index in [2.05, 4.69) is 4.98 Å². The van der Waals surface area contributed by atoms with Gasteiger partial charge in [0.2, 0.25) is 10.0 Å². The van der Waals surface area contributed by atoms with Gasteiger partial charge in [0.25, 0.3) is 5.56 Å². The fourth-order valence-corrected chi connectivity index (χ4v) is 5.81. The summed E-state index contributed by atoms with van der Waals surface area (Å²) in [6, 6.07) is 5.38. The van der Waals surface area contributed by atoms with Crippen LogP contribution in [0.15, 0.2) is 39.3 Å². The van der Waals surface area contributed by atoms with Crippen molar-refractivity contribution in [2.45, 2.75) is 18.4 Å². The van der Waals surface area contributed by atoms with Crippen LogP contribution >= 0.6 is 11.3 Å². The molecule has 4 rings (SSSR count). The Morgan fingerprint density at radius 3 is 2.72 bits per heavy atom. The van der Waals surface area contributed by atoms with Gasteiger partial charge in [-0.25, -0.2) is 18.2 Å². The number of carbonyl (C=O) groups excluding carboxylic acids is 1. The van der Waals surface area contributed by atoms with Crippen LogP contribution in [-0.4, -0.2) is 61.5 Å². The smallest absolute Gasteiger partial charge is 0.338 e. The average Bonchev–Trinajstić information content (AvgIpc) is 3.18. The molecule has 12 heteroatoms. The Balaban J connectivity index is 1.56. The third kappa shape index (κ3) is 4.26. The van der Waals surface area contributed by atoms with Crippen LogP contribution in [-0.2, 0) is 26.1 Å². The molecule has 0 atom stereocenters. The van der Waals surface area contributed by atoms with Crippen LogP contribution in [0.3, 0.4) is 0 Å². The number of aromatic nitrogens is 2. The number of benzene rings is 1. The summed E-state index contributed by atoms with van der Waals surface area (Å²) in [6.07, 6.45) is 0. The SMILES string of the molecule is COc1ccc(C(=O)OCc2cc(=O)n3c(C)csc3n2)cc1S(=O)(=O)N1CCOCC1. The van der Waals surface area contributed by atoms with E-state index in [1.165, 1.54) is 51.4 Å². The van der Waals surface area contributed by atoms with Crippen molar-refractivity contribution in [3.8, 4) is 5.75 Å². The van der Waals surface area contributed by atoms with E-state index in [1.807, 2.05) is 5.38 Å². The molecular weight excluding hydrogens is 458 g/mol. The first-order valence-electron chi connectivity index (χ1n) is 9.71. The van der Waals surface area contributed by atoms with Gasteiger partial charge in [0.15, 0.2) is 4.96 Å². The number of nitrogens with zero attached hydrogens (tertiary/aromatic N) is 3. The topological polar surface area (TPSA) is 117 Å². The number of aryl methyl sites for hydroxylation is 1. The lowest BCUT2D eigenvalue weighted by atomic mass is 10.2. The van der Waals surface area contributed by atoms with Gasteiger partial charge in [0.05, 0.1) is 31.6 Å². The lowest BCUT2D eigenvalue weighted by molar-refractivity contribution is 0.0467. The van der Waals surface area contributed by atoms with Gasteiger partial charge in [-0.3, -0.25) is 9.20 Å². The number of hydrogen-bond acceptors (Lipinski definition) is 9. The molecule has 0 aliphatic carbocycles. The highest BCUT2D eigenvalue weighted by molar-refractivity contribution is 7.89. The average molecular weight is 480 g/mol. The number of methoxy groups -OCH3 is 1. The second kappa shape index (κ2) is 8.98. The summed E-state index contributed by atoms with van der Waals surface area (Å²) in [5.74, 6) is -0.614. The Morgan fingerprint density at radius 1 is 1.25 bits per heavy atom. The van der Waals surface area contributed by atoms with Crippen LogP contribution in [0.5, 0.6) is 5.75 Å². The van der Waals surface area contributed by atoms with E-state index in [0.29, 0.717) is 23.9 Å². The highest BCUT2D eigenvalue weighted by Gasteiger charge is 2.30. The van der Waals surface area contributed by atoms with Crippen molar-refractivity contribution in [1.29, 1.82) is 0 Å². The van der Waals surface area contributed by atoms with Gasteiger partial charge in [0.1, 0.15) is 17.3 Å². The zero-order chi connectivity index (χ0) is 22.9. The normalized spacial score (nSPS) is 15.1. The number of ether oxygens (including phenoxy) is 3. The molecule has 1 aliphatic rings. The highest BCUT2D eigenvalue weighted by atomic mass is 32.2. The molecule has 32 heavy (non-hydrogen) atoms. The van der Waals surface area contributed by atoms with Gasteiger partial charge in [-0.05, 0) is 25.1 Å². The Hall–Kier alpha value is -2.80. The van der Waals surface area contributed by atoms with Crippen molar-refractivity contribution >= 4 is 32.3 Å². The standard InChI is InChI=1S/C20H21N3O7S2/c1-13-12-31-20-21-15(10-18(24)23(13)20)11-30-19(25)14-3-4-16(28-2)17(9-14)32(26,27)22-5-7-29-8-6-22/h3-4,9-10,12H,5-8,11H2,1-2H3. The second-order valence-corrected chi connectivity index (χ2v) is 9.78. The zero-order valence-corrected chi connectivity index (χ0v) is 19.1. The van der Waals surface area contributed by atoms with E-state index in [4.69, 9.17) is 14.2 Å². The van der Waals surface area contributed by atoms with Crippen molar-refractivity contribution in [2.75, 3.05) is 33.4 Å². The molecule has 3 heterocycles. The minimum atomic E-state index is -3.89. The fourth-order valence-electron chi connectivity index (χ4n) is 3.33. The molecule has 0 amide bonds. The zero-order valence-electron chi connectivity index (χ0n) is 17.4. The number of fused-ring (bicyclic) bond motifs is 1. The Bertz CT molecular complexity index is 1320. The summed E-state index contributed by atoms with van der Waals surface area (Å²) in [5.41, 5.74) is 0.865. The number of hydrogen-bond donors (Lipinski definition) is 0. The van der Waals surface area contributed by atoms with E-state index in [0.717, 1.165) is 5.69 Å². The first-order valence-corrected chi connectivity index (χ1v) is 12.0. The third-order valence-electron chi connectivity index (χ3n) is 4.97. The molecule has 170 valence electrons. The largest absolute Gasteiger partial charge is 0.495 e. The monoisotopic (exact) mass is 479 g/mol. The number of morpholine rings is 1. The number of esters is 1. The van der Waals surface area contributed by atoms with Crippen LogP contribution in [0, 0.1) is 6.92 Å². The lowest BCUT2D eigenvalue weighted by Gasteiger charge is -2.26. The lowest BCUT2D eigenvalue weighted by Crippen LogP contribution is -2.40. The Labute approximate surface area is 188 Å². The van der Waals surface area contributed by atoms with Crippen molar-refractivity contribution in [2.24, 2.45) is 0 Å². The molecular formula is C20H21N3O7S2. The molecule has 0 bridgehead atoms. The Kier molecular flexibility index (Phi) is 6.29. The maximum Gasteiger partial charge on any atom is 0.338 e. The first kappa shape index (κ1) is 22.4. The summed E-state index contributed by atoms with van der Waals surface area (Å²) >= 11 is 1.31. The second-order valence-electron chi connectivity index (χ2n) is 7.04. The first-order chi connectivity index (χ1) is 15.3. The van der Waals surface area contributed by atoms with Gasteiger partial charge in [0, 0.05) is 30.2 Å². The molecule has 0 spiro atoms. The maximum absolute atomic E-state index is 13.1. The molecule has 1 fully saturated rings. The van der Waals surface area contributed by atoms with Crippen molar-refractivity contribution in [3.63, 3.8) is 0 Å². The van der Waals surface area contributed by atoms with Crippen LogP contribution < -0.4 is 10.3 Å². The fraction of sp³-hybridized carbons (Fsp3) is 0.350. The molecule has 2 aromatic heterocycles. The van der Waals surface area contributed by atoms with E-state index < -0.39 is 16.0 Å². The van der Waals surface area contributed by atoms with E-state index >= 15 is 0 Å². The molecule has 1 aromatic carbocycles. The maximum atomic E-state index is 13.1. The number of rotatable bonds is 6. The van der Waals surface area contributed by atoms with E-state index in [9.17, 15) is 18.0 Å². The van der Waals surface area contributed by atoms with Gasteiger partial charge < -0.3 is 14.2 Å². The van der Waals surface area contributed by atoms with E-state index in [1.54, 1.807) is 6.92 Å². The molecule has 10 nitrogen and oxygen atoms in total. The molecule has 1 saturated heterocycles. The van der Waals surface area contributed by atoms with Gasteiger partial charge in [-0.15, -0.1) is 11.3 Å². The highest BCUT2D eigenvalue weighted by Crippen LogP contribution is 2.28. The minimum Gasteiger partial charge on any atom is -0.495 e. The van der Waals surface area contributed by atoms with Crippen LogP contribution in [0.1, 0.15) is 21.7 Å². The van der Waals surface area contributed by atoms with Crippen LogP contribution in [0.4, 0.5) is 0 Å². The number of carbonyl (C=O) groups is 1. The van der Waals surface area contributed by atoms with Gasteiger partial charge >= 0.3 is 5.97 Å². The molecule has 0 N–H and O–H groups in total. The van der Waals surface area contributed by atoms with Gasteiger partial charge in [-0.2, -0.15) is 4.31 Å². The molecule has 1 aliphatic heterocycles. The molecule has 0 saturated carbocycles. The van der Waals surface area contributed by atoms with Crippen LogP contribution in [0.25, 0.3) is 4.96 Å². The summed E-state index contributed by atoms with van der Waals surface area (Å²) < 4.78 is 44.6. The summed E-state index contributed by atoms with van der Waals surface area (Å²) in [6.45, 7) is 2.60. The Morgan fingerprint density at radius 2 is 2.00 bits per heavy atom. The van der Waals surface area contributed by atoms with Crippen molar-refractivity contribution in [3.05, 3.63) is 57.0 Å². The quantitative estimate of drug-likeness (QED) is 0.488. The minimum absolute atomic E-state index is 0.0439. The summed E-state index contributed by atoms with van der Waals surface area (Å²) in [7, 11) is -2.53. The summed E-state index contributed by atoms with van der Waals surface area (Å²) in [4.78, 5) is 29.6. The molecule has 0 radical (unpaired) electrons. The number of thiazole rings is 1. The van der Waals surface area contributed by atoms with Crippen LogP contribution in [0.2, 0.25) is 0 Å². The van der Waals surface area contributed by atoms with E-state index in [-0.39, 0.29) is 41.5 Å². The predicted octanol–water partition coefficient (Wildman–Crippen LogP) is 1.45. The molecule has 0 unspecified atom stereocenters.